The number of alkyl halides is 4. The number of hydrogen-bond donors (Lipinski definition) is 3. The first-order valence-electron chi connectivity index (χ1n) is 11.9. The van der Waals surface area contributed by atoms with E-state index in [4.69, 9.17) is 4.74 Å². The molecular weight excluding hydrogens is 524 g/mol. The van der Waals surface area contributed by atoms with Gasteiger partial charge in [0.05, 0.1) is 41.5 Å². The molecule has 0 unspecified atom stereocenters. The number of halogens is 4. The van der Waals surface area contributed by atoms with E-state index >= 15 is 0 Å². The van der Waals surface area contributed by atoms with Crippen molar-refractivity contribution in [3.8, 4) is 17.6 Å². The van der Waals surface area contributed by atoms with E-state index in [1.165, 1.54) is 25.3 Å². The molecule has 1 saturated heterocycles. The average molecular weight is 553 g/mol. The van der Waals surface area contributed by atoms with Crippen LogP contribution in [0.25, 0.3) is 10.9 Å². The summed E-state index contributed by atoms with van der Waals surface area (Å²) in [7, 11) is -2.02. The minimum Gasteiger partial charge on any atom is -0.495 e. The fourth-order valence-corrected chi connectivity index (χ4v) is 5.01. The van der Waals surface area contributed by atoms with Gasteiger partial charge in [0.1, 0.15) is 18.5 Å². The zero-order valence-electron chi connectivity index (χ0n) is 20.8. The lowest BCUT2D eigenvalue weighted by Gasteiger charge is -2.28. The van der Waals surface area contributed by atoms with Crippen molar-refractivity contribution in [2.24, 2.45) is 0 Å². The van der Waals surface area contributed by atoms with Gasteiger partial charge in [0.2, 0.25) is 0 Å². The van der Waals surface area contributed by atoms with E-state index in [9.17, 15) is 26.0 Å². The number of hydrogen-bond acceptors (Lipinski definition) is 6. The number of nitrogens with one attached hydrogen (secondary N) is 3. The largest absolute Gasteiger partial charge is 0.495 e. The molecule has 12 heteroatoms. The van der Waals surface area contributed by atoms with Gasteiger partial charge in [-0.05, 0) is 49.2 Å². The van der Waals surface area contributed by atoms with E-state index in [0.29, 0.717) is 41.0 Å². The molecule has 0 amide bonds. The van der Waals surface area contributed by atoms with E-state index in [-0.39, 0.29) is 23.7 Å². The molecule has 1 aromatic heterocycles. The standard InChI is InChI=1S/C26H28F4N4O3S/c1-37-25-14-18(38(2,35)36)8-9-23(25)32-11-4-5-17-13-19-21(33-22-10-12-31-15-20(22)27)6-3-7-24(19)34(17)16-26(28,29)30/h3,6-9,13-14,20,22,31-33H,10-12,15-16H2,1-2H3/t20-,22+/m0/s1. The van der Waals surface area contributed by atoms with E-state index in [0.717, 1.165) is 10.8 Å². The normalized spacial score (nSPS) is 18.1. The molecule has 0 aliphatic carbocycles. The van der Waals surface area contributed by atoms with Gasteiger partial charge in [-0.3, -0.25) is 0 Å². The number of benzene rings is 2. The molecule has 2 heterocycles. The molecule has 4 rings (SSSR count). The maximum Gasteiger partial charge on any atom is 0.406 e. The van der Waals surface area contributed by atoms with Gasteiger partial charge in [0.15, 0.2) is 9.84 Å². The van der Waals surface area contributed by atoms with Crippen LogP contribution >= 0.6 is 0 Å². The van der Waals surface area contributed by atoms with Crippen LogP contribution in [0.5, 0.6) is 5.75 Å². The number of anilines is 2. The van der Waals surface area contributed by atoms with Crippen molar-refractivity contribution >= 4 is 32.1 Å². The zero-order valence-corrected chi connectivity index (χ0v) is 21.6. The SMILES string of the molecule is COc1cc(S(C)(=O)=O)ccc1NCC#Cc1cc2c(N[C@@H]3CCNC[C@@H]3F)cccc2n1CC(F)(F)F. The highest BCUT2D eigenvalue weighted by Gasteiger charge is 2.30. The predicted molar refractivity (Wildman–Crippen MR) is 139 cm³/mol. The third-order valence-electron chi connectivity index (χ3n) is 6.22. The van der Waals surface area contributed by atoms with Gasteiger partial charge >= 0.3 is 6.18 Å². The maximum atomic E-state index is 14.4. The van der Waals surface area contributed by atoms with Crippen molar-refractivity contribution in [1.82, 2.24) is 9.88 Å². The summed E-state index contributed by atoms with van der Waals surface area (Å²) < 4.78 is 84.6. The van der Waals surface area contributed by atoms with Crippen LogP contribution in [0, 0.1) is 11.8 Å². The van der Waals surface area contributed by atoms with Crippen molar-refractivity contribution in [2.75, 3.05) is 43.6 Å². The Balaban J connectivity index is 1.61. The van der Waals surface area contributed by atoms with Crippen molar-refractivity contribution in [3.05, 3.63) is 48.2 Å². The molecule has 2 aromatic carbocycles. The Morgan fingerprint density at radius 2 is 1.97 bits per heavy atom. The molecule has 204 valence electrons. The van der Waals surface area contributed by atoms with Crippen LogP contribution in [0.3, 0.4) is 0 Å². The monoisotopic (exact) mass is 552 g/mol. The summed E-state index contributed by atoms with van der Waals surface area (Å²) in [4.78, 5) is 0.0932. The highest BCUT2D eigenvalue weighted by Crippen LogP contribution is 2.31. The van der Waals surface area contributed by atoms with Gasteiger partial charge in [0, 0.05) is 29.9 Å². The van der Waals surface area contributed by atoms with Crippen molar-refractivity contribution in [1.29, 1.82) is 0 Å². The lowest BCUT2D eigenvalue weighted by Crippen LogP contribution is -2.45. The topological polar surface area (TPSA) is 84.4 Å². The lowest BCUT2D eigenvalue weighted by atomic mass is 10.0. The Hall–Kier alpha value is -3.43. The Kier molecular flexibility index (Phi) is 8.08. The summed E-state index contributed by atoms with van der Waals surface area (Å²) in [5.74, 6) is 5.93. The van der Waals surface area contributed by atoms with Crippen molar-refractivity contribution < 1.29 is 30.7 Å². The van der Waals surface area contributed by atoms with Gasteiger partial charge in [-0.25, -0.2) is 12.8 Å². The van der Waals surface area contributed by atoms with Crippen LogP contribution in [0.1, 0.15) is 12.1 Å². The van der Waals surface area contributed by atoms with E-state index < -0.39 is 34.8 Å². The lowest BCUT2D eigenvalue weighted by molar-refractivity contribution is -0.140. The van der Waals surface area contributed by atoms with Crippen molar-refractivity contribution in [2.45, 2.75) is 36.3 Å². The van der Waals surface area contributed by atoms with Crippen LogP contribution < -0.4 is 20.7 Å². The van der Waals surface area contributed by atoms with Gasteiger partial charge in [-0.1, -0.05) is 12.0 Å². The Morgan fingerprint density at radius 1 is 1.18 bits per heavy atom. The summed E-state index contributed by atoms with van der Waals surface area (Å²) in [6, 6.07) is 10.4. The Labute approximate surface area is 218 Å². The molecule has 3 N–H and O–H groups in total. The summed E-state index contributed by atoms with van der Waals surface area (Å²) in [6.45, 7) is -0.300. The molecule has 7 nitrogen and oxygen atoms in total. The van der Waals surface area contributed by atoms with Crippen LogP contribution in [-0.4, -0.2) is 64.4 Å². The van der Waals surface area contributed by atoms with Crippen LogP contribution in [0.2, 0.25) is 0 Å². The van der Waals surface area contributed by atoms with Gasteiger partial charge < -0.3 is 25.3 Å². The third-order valence-corrected chi connectivity index (χ3v) is 7.33. The minimum absolute atomic E-state index is 0.0613. The maximum absolute atomic E-state index is 14.4. The predicted octanol–water partition coefficient (Wildman–Crippen LogP) is 4.19. The van der Waals surface area contributed by atoms with Gasteiger partial charge in [-0.2, -0.15) is 13.2 Å². The number of rotatable bonds is 7. The highest BCUT2D eigenvalue weighted by molar-refractivity contribution is 7.90. The van der Waals surface area contributed by atoms with Crippen molar-refractivity contribution in [3.63, 3.8) is 0 Å². The number of aromatic nitrogens is 1. The van der Waals surface area contributed by atoms with E-state index in [2.05, 4.69) is 27.8 Å². The second kappa shape index (κ2) is 11.1. The number of fused-ring (bicyclic) bond motifs is 1. The number of ether oxygens (including phenoxy) is 1. The summed E-state index contributed by atoms with van der Waals surface area (Å²) in [6.07, 6.45) is -3.96. The number of sulfone groups is 1. The Morgan fingerprint density at radius 3 is 2.66 bits per heavy atom. The molecule has 1 aliphatic heterocycles. The Bertz CT molecular complexity index is 1480. The van der Waals surface area contributed by atoms with Gasteiger partial charge in [0.25, 0.3) is 0 Å². The first-order valence-corrected chi connectivity index (χ1v) is 13.8. The quantitative estimate of drug-likeness (QED) is 0.301. The van der Waals surface area contributed by atoms with Gasteiger partial charge in [-0.15, -0.1) is 0 Å². The molecule has 0 saturated carbocycles. The number of methoxy groups -OCH3 is 1. The minimum atomic E-state index is -4.47. The molecule has 2 atom stereocenters. The summed E-state index contributed by atoms with van der Waals surface area (Å²) in [5, 5.41) is 9.67. The molecule has 1 aliphatic rings. The van der Waals surface area contributed by atoms with E-state index in [1.54, 1.807) is 24.3 Å². The number of nitrogens with zero attached hydrogens (tertiary/aromatic N) is 1. The fraction of sp³-hybridized carbons (Fsp3) is 0.385. The number of piperidine rings is 1. The fourth-order valence-electron chi connectivity index (χ4n) is 4.37. The molecule has 0 bridgehead atoms. The molecule has 0 radical (unpaired) electrons. The second-order valence-electron chi connectivity index (χ2n) is 9.02. The summed E-state index contributed by atoms with van der Waals surface area (Å²) >= 11 is 0. The smallest absolute Gasteiger partial charge is 0.406 e. The van der Waals surface area contributed by atoms with Crippen LogP contribution in [0.15, 0.2) is 47.4 Å². The van der Waals surface area contributed by atoms with E-state index in [1.807, 2.05) is 0 Å². The second-order valence-corrected chi connectivity index (χ2v) is 11.0. The summed E-state index contributed by atoms with van der Waals surface area (Å²) in [5.41, 5.74) is 1.54. The molecular formula is C26H28F4N4O3S. The van der Waals surface area contributed by atoms with Crippen LogP contribution in [0.4, 0.5) is 28.9 Å². The molecule has 3 aromatic rings. The molecule has 0 spiro atoms. The van der Waals surface area contributed by atoms with Crippen LogP contribution in [-0.2, 0) is 16.4 Å². The third kappa shape index (κ3) is 6.52. The zero-order chi connectivity index (χ0) is 27.5. The average Bonchev–Trinajstić information content (AvgIpc) is 3.19. The molecule has 38 heavy (non-hydrogen) atoms. The molecule has 1 fully saturated rings. The first-order chi connectivity index (χ1) is 18.0. The highest BCUT2D eigenvalue weighted by atomic mass is 32.2. The first kappa shape index (κ1) is 27.6.